The van der Waals surface area contributed by atoms with E-state index in [0.717, 1.165) is 38.4 Å². The van der Waals surface area contributed by atoms with Crippen molar-refractivity contribution in [2.24, 2.45) is 5.92 Å². The number of hydrogen-bond acceptors (Lipinski definition) is 6. The Morgan fingerprint density at radius 3 is 2.49 bits per heavy atom. The number of rotatable bonds is 9. The number of carbonyl (C=O) groups excluding carboxylic acids is 1. The Bertz CT molecular complexity index is 1600. The quantitative estimate of drug-likeness (QED) is 0.215. The monoisotopic (exact) mass is 575 g/mol. The molecule has 1 fully saturated rings. The van der Waals surface area contributed by atoms with Crippen LogP contribution < -0.4 is 14.8 Å². The molecule has 1 aliphatic carbocycles. The van der Waals surface area contributed by atoms with E-state index in [1.807, 2.05) is 44.2 Å². The van der Waals surface area contributed by atoms with E-state index >= 15 is 0 Å². The van der Waals surface area contributed by atoms with E-state index in [2.05, 4.69) is 12.2 Å². The zero-order valence-electron chi connectivity index (χ0n) is 24.2. The molecule has 41 heavy (non-hydrogen) atoms. The molecule has 0 aliphatic heterocycles. The van der Waals surface area contributed by atoms with Crippen molar-refractivity contribution in [1.82, 2.24) is 9.55 Å². The number of carboxylic acids is 1. The largest absolute Gasteiger partial charge is 0.496 e. The molecule has 0 spiro atoms. The van der Waals surface area contributed by atoms with Crippen LogP contribution in [0.3, 0.4) is 0 Å². The predicted octanol–water partition coefficient (Wildman–Crippen LogP) is 7.42. The average molecular weight is 576 g/mol. The minimum atomic E-state index is -1.02. The summed E-state index contributed by atoms with van der Waals surface area (Å²) in [5.41, 5.74) is 4.57. The van der Waals surface area contributed by atoms with Gasteiger partial charge < -0.3 is 19.1 Å². The first-order valence-electron chi connectivity index (χ1n) is 14.1. The number of thiazole rings is 1. The van der Waals surface area contributed by atoms with Gasteiger partial charge in [-0.05, 0) is 74.4 Å². The summed E-state index contributed by atoms with van der Waals surface area (Å²) < 4.78 is 13.0. The van der Waals surface area contributed by atoms with Crippen molar-refractivity contribution >= 4 is 39.2 Å². The maximum Gasteiger partial charge on any atom is 0.323 e. The van der Waals surface area contributed by atoms with Crippen molar-refractivity contribution in [3.8, 4) is 22.8 Å². The minimum absolute atomic E-state index is 0.242. The molecule has 0 saturated heterocycles. The van der Waals surface area contributed by atoms with Gasteiger partial charge in [0.2, 0.25) is 0 Å². The number of benzene rings is 2. The van der Waals surface area contributed by atoms with Crippen LogP contribution in [0.25, 0.3) is 22.2 Å². The Kier molecular flexibility index (Phi) is 8.35. The summed E-state index contributed by atoms with van der Waals surface area (Å²) in [4.78, 5) is 31.4. The first-order chi connectivity index (χ1) is 19.7. The van der Waals surface area contributed by atoms with Gasteiger partial charge >= 0.3 is 5.97 Å². The Hall–Kier alpha value is -3.85. The summed E-state index contributed by atoms with van der Waals surface area (Å²) in [6.07, 6.45) is 6.06. The van der Waals surface area contributed by atoms with Crippen LogP contribution in [0.2, 0.25) is 0 Å². The van der Waals surface area contributed by atoms with Crippen molar-refractivity contribution in [3.63, 3.8) is 0 Å². The van der Waals surface area contributed by atoms with Crippen LogP contribution in [0.15, 0.2) is 36.4 Å². The highest BCUT2D eigenvalue weighted by Gasteiger charge is 2.29. The molecular weight excluding hydrogens is 538 g/mol. The van der Waals surface area contributed by atoms with E-state index in [1.54, 1.807) is 24.9 Å². The number of aryl methyl sites for hydroxylation is 2. The second-order valence-electron chi connectivity index (χ2n) is 11.0. The molecule has 9 heteroatoms. The normalized spacial score (nSPS) is 14.7. The molecule has 1 unspecified atom stereocenters. The van der Waals surface area contributed by atoms with Gasteiger partial charge in [0.05, 0.1) is 19.9 Å². The number of carbonyl (C=O) groups is 2. The summed E-state index contributed by atoms with van der Waals surface area (Å²) in [6, 6.07) is 11.4. The molecule has 1 amide bonds. The molecule has 0 radical (unpaired) electrons. The number of aliphatic carboxylic acids is 1. The van der Waals surface area contributed by atoms with Gasteiger partial charge in [0.1, 0.15) is 23.7 Å². The van der Waals surface area contributed by atoms with Crippen LogP contribution in [0.5, 0.6) is 11.5 Å². The van der Waals surface area contributed by atoms with E-state index in [-0.39, 0.29) is 18.2 Å². The van der Waals surface area contributed by atoms with Crippen LogP contribution >= 0.6 is 11.3 Å². The molecule has 2 aromatic heterocycles. The molecular formula is C32H37N3O5S. The van der Waals surface area contributed by atoms with Gasteiger partial charge in [-0.1, -0.05) is 37.8 Å². The summed E-state index contributed by atoms with van der Waals surface area (Å²) in [6.45, 7) is 5.88. The number of aromatic nitrogens is 2. The van der Waals surface area contributed by atoms with E-state index < -0.39 is 11.9 Å². The van der Waals surface area contributed by atoms with E-state index in [4.69, 9.17) is 14.5 Å². The van der Waals surface area contributed by atoms with Crippen LogP contribution in [0, 0.1) is 19.8 Å². The van der Waals surface area contributed by atoms with Gasteiger partial charge in [-0.15, -0.1) is 11.3 Å². The maximum atomic E-state index is 13.7. The Morgan fingerprint density at radius 1 is 1.07 bits per heavy atom. The molecule has 5 rings (SSSR count). The fourth-order valence-electron chi connectivity index (χ4n) is 6.02. The number of methoxy groups -OCH3 is 2. The first kappa shape index (κ1) is 28.7. The van der Waals surface area contributed by atoms with Gasteiger partial charge in [0, 0.05) is 21.3 Å². The second kappa shape index (κ2) is 11.9. The lowest BCUT2D eigenvalue weighted by atomic mass is 9.79. The summed E-state index contributed by atoms with van der Waals surface area (Å²) in [7, 11) is 3.29. The molecule has 1 saturated carbocycles. The maximum absolute atomic E-state index is 13.7. The molecule has 1 aliphatic rings. The van der Waals surface area contributed by atoms with E-state index in [1.165, 1.54) is 43.4 Å². The minimum Gasteiger partial charge on any atom is -0.496 e. The van der Waals surface area contributed by atoms with E-state index in [0.29, 0.717) is 22.3 Å². The number of nitrogens with zero attached hydrogens (tertiary/aromatic N) is 2. The topological polar surface area (TPSA) is 103 Å². The van der Waals surface area contributed by atoms with Crippen molar-refractivity contribution in [1.29, 1.82) is 0 Å². The molecule has 2 heterocycles. The number of amides is 1. The van der Waals surface area contributed by atoms with Crippen LogP contribution in [-0.2, 0) is 11.3 Å². The lowest BCUT2D eigenvalue weighted by Crippen LogP contribution is -2.19. The molecule has 4 aromatic rings. The van der Waals surface area contributed by atoms with Gasteiger partial charge in [-0.2, -0.15) is 0 Å². The fraction of sp³-hybridized carbons (Fsp3) is 0.406. The molecule has 216 valence electrons. The predicted molar refractivity (Wildman–Crippen MR) is 163 cm³/mol. The smallest absolute Gasteiger partial charge is 0.323 e. The SMILES string of the molecule is COc1cc(-c2nc(NC(=O)c3cc4cc(C)ccc4n3CC(=O)O)sc2C(C)C2CCCCC2)c(OC)cc1C. The molecule has 2 N–H and O–H groups in total. The van der Waals surface area contributed by atoms with Crippen LogP contribution in [-0.4, -0.2) is 40.8 Å². The van der Waals surface area contributed by atoms with Crippen molar-refractivity contribution in [3.05, 3.63) is 58.1 Å². The zero-order chi connectivity index (χ0) is 29.3. The molecule has 8 nitrogen and oxygen atoms in total. The average Bonchev–Trinajstić information content (AvgIpc) is 3.53. The molecule has 1 atom stereocenters. The van der Waals surface area contributed by atoms with E-state index in [9.17, 15) is 14.7 Å². The van der Waals surface area contributed by atoms with Crippen LogP contribution in [0.4, 0.5) is 5.13 Å². The number of anilines is 1. The molecule has 2 aromatic carbocycles. The van der Waals surface area contributed by atoms with Crippen molar-refractivity contribution in [2.45, 2.75) is 65.3 Å². The third-order valence-corrected chi connectivity index (χ3v) is 9.37. The fourth-order valence-corrected chi connectivity index (χ4v) is 7.14. The first-order valence-corrected chi connectivity index (χ1v) is 14.9. The highest BCUT2D eigenvalue weighted by Crippen LogP contribution is 2.46. The van der Waals surface area contributed by atoms with Crippen molar-refractivity contribution in [2.75, 3.05) is 19.5 Å². The Labute approximate surface area is 244 Å². The lowest BCUT2D eigenvalue weighted by Gasteiger charge is -2.27. The standard InChI is InChI=1S/C32H37N3O5S/c1-18-11-12-24-22(13-18)15-25(35(24)17-28(36)37)31(38)34-32-33-29(23-16-26(39-4)19(2)14-27(23)40-5)30(41-32)20(3)21-9-7-6-8-10-21/h11-16,20-21H,6-10,17H2,1-5H3,(H,36,37)(H,33,34,38). The highest BCUT2D eigenvalue weighted by molar-refractivity contribution is 7.16. The lowest BCUT2D eigenvalue weighted by molar-refractivity contribution is -0.137. The zero-order valence-corrected chi connectivity index (χ0v) is 25.1. The second-order valence-corrected chi connectivity index (χ2v) is 12.0. The summed E-state index contributed by atoms with van der Waals surface area (Å²) in [5, 5.41) is 13.9. The van der Waals surface area contributed by atoms with Crippen molar-refractivity contribution < 1.29 is 24.2 Å². The van der Waals surface area contributed by atoms with Gasteiger partial charge in [-0.25, -0.2) is 4.98 Å². The number of carboxylic acid groups (broad SMARTS) is 1. The number of ether oxygens (including phenoxy) is 2. The highest BCUT2D eigenvalue weighted by atomic mass is 32.1. The molecule has 0 bridgehead atoms. The number of fused-ring (bicyclic) bond motifs is 1. The number of hydrogen-bond donors (Lipinski definition) is 2. The van der Waals surface area contributed by atoms with Crippen LogP contribution in [0.1, 0.15) is 71.4 Å². The Balaban J connectivity index is 1.58. The van der Waals surface area contributed by atoms with Gasteiger partial charge in [0.15, 0.2) is 5.13 Å². The number of nitrogens with one attached hydrogen (secondary N) is 1. The Morgan fingerprint density at radius 2 is 1.80 bits per heavy atom. The summed E-state index contributed by atoms with van der Waals surface area (Å²) in [5.74, 6) is 0.797. The third kappa shape index (κ3) is 5.81. The third-order valence-electron chi connectivity index (χ3n) is 8.20. The van der Waals surface area contributed by atoms with Gasteiger partial charge in [-0.3, -0.25) is 14.9 Å². The summed E-state index contributed by atoms with van der Waals surface area (Å²) >= 11 is 1.48. The van der Waals surface area contributed by atoms with Gasteiger partial charge in [0.25, 0.3) is 5.91 Å².